The molecule has 3 rings (SSSR count). The van der Waals surface area contributed by atoms with Gasteiger partial charge in [-0.15, -0.1) is 0 Å². The Balaban J connectivity index is 2.04. The van der Waals surface area contributed by atoms with Gasteiger partial charge in [-0.1, -0.05) is 30.3 Å². The second-order valence-corrected chi connectivity index (χ2v) is 5.38. The number of aliphatic hydroxyl groups is 1. The van der Waals surface area contributed by atoms with Crippen LogP contribution in [0.3, 0.4) is 0 Å². The minimum Gasteiger partial charge on any atom is -0.395 e. The molecule has 0 atom stereocenters. The van der Waals surface area contributed by atoms with Crippen LogP contribution in [0.1, 0.15) is 10.4 Å². The number of aliphatic hydroxyl groups excluding tert-OH is 1. The van der Waals surface area contributed by atoms with Crippen LogP contribution in [0.2, 0.25) is 0 Å². The first-order chi connectivity index (χ1) is 11.6. The summed E-state index contributed by atoms with van der Waals surface area (Å²) in [5.41, 5.74) is 1.87. The van der Waals surface area contributed by atoms with E-state index in [4.69, 9.17) is 5.11 Å². The Labute approximate surface area is 138 Å². The fourth-order valence-electron chi connectivity index (χ4n) is 2.56. The van der Waals surface area contributed by atoms with E-state index in [2.05, 4.69) is 10.4 Å². The standard InChI is InChI=1S/C18H17N3O3/c1-21-18(24)15-5-3-2-4-14(15)16(20-21)12-6-8-13(9-7-12)17(23)19-10-11-22/h2-9,22H,10-11H2,1H3,(H,19,23). The third-order valence-corrected chi connectivity index (χ3v) is 3.77. The molecule has 6 nitrogen and oxygen atoms in total. The number of carbonyl (C=O) groups is 1. The Morgan fingerprint density at radius 1 is 1.12 bits per heavy atom. The number of amides is 1. The topological polar surface area (TPSA) is 84.2 Å². The highest BCUT2D eigenvalue weighted by atomic mass is 16.3. The molecule has 0 saturated heterocycles. The first-order valence-corrected chi connectivity index (χ1v) is 7.57. The third-order valence-electron chi connectivity index (χ3n) is 3.77. The molecule has 1 amide bonds. The molecule has 3 aromatic rings. The maximum atomic E-state index is 12.2. The second kappa shape index (κ2) is 6.64. The monoisotopic (exact) mass is 323 g/mol. The number of carbonyl (C=O) groups excluding carboxylic acids is 1. The van der Waals surface area contributed by atoms with Gasteiger partial charge in [-0.2, -0.15) is 5.10 Å². The van der Waals surface area contributed by atoms with Crippen LogP contribution in [-0.2, 0) is 7.05 Å². The van der Waals surface area contributed by atoms with Gasteiger partial charge in [0.25, 0.3) is 11.5 Å². The first-order valence-electron chi connectivity index (χ1n) is 7.57. The van der Waals surface area contributed by atoms with E-state index in [9.17, 15) is 9.59 Å². The molecule has 6 heteroatoms. The fourth-order valence-corrected chi connectivity index (χ4v) is 2.56. The zero-order valence-electron chi connectivity index (χ0n) is 13.2. The minimum absolute atomic E-state index is 0.0994. The normalized spacial score (nSPS) is 10.8. The van der Waals surface area contributed by atoms with Crippen molar-refractivity contribution in [3.8, 4) is 11.3 Å². The molecule has 2 aromatic carbocycles. The molecular formula is C18H17N3O3. The highest BCUT2D eigenvalue weighted by Gasteiger charge is 2.11. The van der Waals surface area contributed by atoms with Crippen LogP contribution < -0.4 is 10.9 Å². The van der Waals surface area contributed by atoms with E-state index in [1.54, 1.807) is 37.4 Å². The summed E-state index contributed by atoms with van der Waals surface area (Å²) in [6, 6.07) is 14.3. The van der Waals surface area contributed by atoms with Gasteiger partial charge in [0.15, 0.2) is 0 Å². The predicted molar refractivity (Wildman–Crippen MR) is 91.8 cm³/mol. The first kappa shape index (κ1) is 15.9. The van der Waals surface area contributed by atoms with Crippen molar-refractivity contribution in [2.45, 2.75) is 0 Å². The molecule has 0 aliphatic heterocycles. The van der Waals surface area contributed by atoms with Gasteiger partial charge in [-0.05, 0) is 18.2 Å². The summed E-state index contributed by atoms with van der Waals surface area (Å²) in [5, 5.41) is 17.1. The van der Waals surface area contributed by atoms with E-state index in [1.807, 2.05) is 18.2 Å². The molecule has 2 N–H and O–H groups in total. The summed E-state index contributed by atoms with van der Waals surface area (Å²) in [7, 11) is 1.62. The lowest BCUT2D eigenvalue weighted by Crippen LogP contribution is -2.26. The van der Waals surface area contributed by atoms with Gasteiger partial charge >= 0.3 is 0 Å². The smallest absolute Gasteiger partial charge is 0.274 e. The lowest BCUT2D eigenvalue weighted by atomic mass is 10.0. The van der Waals surface area contributed by atoms with Gasteiger partial charge < -0.3 is 10.4 Å². The van der Waals surface area contributed by atoms with Crippen molar-refractivity contribution in [3.05, 3.63) is 64.4 Å². The number of aryl methyl sites for hydroxylation is 1. The number of aromatic nitrogens is 2. The SMILES string of the molecule is Cn1nc(-c2ccc(C(=O)NCCO)cc2)c2ccccc2c1=O. The number of rotatable bonds is 4. The maximum absolute atomic E-state index is 12.2. The summed E-state index contributed by atoms with van der Waals surface area (Å²) < 4.78 is 1.32. The van der Waals surface area contributed by atoms with Crippen molar-refractivity contribution in [1.82, 2.24) is 15.1 Å². The van der Waals surface area contributed by atoms with Crippen LogP contribution in [-0.4, -0.2) is 33.9 Å². The highest BCUT2D eigenvalue weighted by molar-refractivity contribution is 5.96. The summed E-state index contributed by atoms with van der Waals surface area (Å²) in [6.45, 7) is 0.116. The van der Waals surface area contributed by atoms with Crippen molar-refractivity contribution in [3.63, 3.8) is 0 Å². The number of benzene rings is 2. The highest BCUT2D eigenvalue weighted by Crippen LogP contribution is 2.24. The Kier molecular flexibility index (Phi) is 4.39. The van der Waals surface area contributed by atoms with Crippen molar-refractivity contribution >= 4 is 16.7 Å². The quantitative estimate of drug-likeness (QED) is 0.758. The van der Waals surface area contributed by atoms with E-state index in [0.29, 0.717) is 16.6 Å². The number of nitrogens with zero attached hydrogens (tertiary/aromatic N) is 2. The summed E-state index contributed by atoms with van der Waals surface area (Å²) in [6.07, 6.45) is 0. The van der Waals surface area contributed by atoms with Crippen LogP contribution in [0.25, 0.3) is 22.0 Å². The van der Waals surface area contributed by atoms with Gasteiger partial charge in [-0.3, -0.25) is 9.59 Å². The van der Waals surface area contributed by atoms with E-state index < -0.39 is 0 Å². The minimum atomic E-state index is -0.242. The molecule has 0 saturated carbocycles. The summed E-state index contributed by atoms with van der Waals surface area (Å²) in [5.74, 6) is -0.242. The molecule has 0 aliphatic rings. The van der Waals surface area contributed by atoms with E-state index in [-0.39, 0.29) is 24.6 Å². The summed E-state index contributed by atoms with van der Waals surface area (Å²) >= 11 is 0. The zero-order chi connectivity index (χ0) is 17.1. The van der Waals surface area contributed by atoms with Gasteiger partial charge in [0.2, 0.25) is 0 Å². The van der Waals surface area contributed by atoms with Gasteiger partial charge in [0.1, 0.15) is 0 Å². The van der Waals surface area contributed by atoms with Crippen LogP contribution in [0.15, 0.2) is 53.3 Å². The van der Waals surface area contributed by atoms with Crippen LogP contribution >= 0.6 is 0 Å². The summed E-state index contributed by atoms with van der Waals surface area (Å²) in [4.78, 5) is 24.1. The van der Waals surface area contributed by atoms with Gasteiger partial charge in [0, 0.05) is 30.1 Å². The van der Waals surface area contributed by atoms with Crippen molar-refractivity contribution < 1.29 is 9.90 Å². The molecular weight excluding hydrogens is 306 g/mol. The molecule has 24 heavy (non-hydrogen) atoms. The number of hydrogen-bond donors (Lipinski definition) is 2. The van der Waals surface area contributed by atoms with Gasteiger partial charge in [0.05, 0.1) is 17.7 Å². The average Bonchev–Trinajstić information content (AvgIpc) is 2.63. The van der Waals surface area contributed by atoms with Crippen LogP contribution in [0.5, 0.6) is 0 Å². The number of nitrogens with one attached hydrogen (secondary N) is 1. The number of hydrogen-bond acceptors (Lipinski definition) is 4. The Morgan fingerprint density at radius 2 is 1.79 bits per heavy atom. The Morgan fingerprint density at radius 3 is 2.46 bits per heavy atom. The lowest BCUT2D eigenvalue weighted by Gasteiger charge is -2.09. The van der Waals surface area contributed by atoms with Crippen LogP contribution in [0, 0.1) is 0 Å². The largest absolute Gasteiger partial charge is 0.395 e. The molecule has 1 heterocycles. The van der Waals surface area contributed by atoms with Crippen molar-refractivity contribution in [2.75, 3.05) is 13.2 Å². The molecule has 122 valence electrons. The second-order valence-electron chi connectivity index (χ2n) is 5.38. The molecule has 0 aliphatic carbocycles. The van der Waals surface area contributed by atoms with Crippen LogP contribution in [0.4, 0.5) is 0 Å². The molecule has 0 unspecified atom stereocenters. The Bertz CT molecular complexity index is 946. The molecule has 0 radical (unpaired) electrons. The van der Waals surface area contributed by atoms with Crippen molar-refractivity contribution in [1.29, 1.82) is 0 Å². The lowest BCUT2D eigenvalue weighted by molar-refractivity contribution is 0.0945. The fraction of sp³-hybridized carbons (Fsp3) is 0.167. The third kappa shape index (κ3) is 2.91. The zero-order valence-corrected chi connectivity index (χ0v) is 13.2. The molecule has 0 bridgehead atoms. The molecule has 0 fully saturated rings. The van der Waals surface area contributed by atoms with E-state index in [1.165, 1.54) is 4.68 Å². The number of fused-ring (bicyclic) bond motifs is 1. The van der Waals surface area contributed by atoms with E-state index in [0.717, 1.165) is 10.9 Å². The van der Waals surface area contributed by atoms with Gasteiger partial charge in [-0.25, -0.2) is 4.68 Å². The Hall–Kier alpha value is -2.99. The van der Waals surface area contributed by atoms with E-state index >= 15 is 0 Å². The van der Waals surface area contributed by atoms with Crippen molar-refractivity contribution in [2.24, 2.45) is 7.05 Å². The maximum Gasteiger partial charge on any atom is 0.274 e. The average molecular weight is 323 g/mol. The molecule has 0 spiro atoms. The predicted octanol–water partition coefficient (Wildman–Crippen LogP) is 1.32. The molecule has 1 aromatic heterocycles.